The minimum absolute atomic E-state index is 0. The second-order valence-corrected chi connectivity index (χ2v) is 6.27. The van der Waals surface area contributed by atoms with Gasteiger partial charge in [0.25, 0.3) is 0 Å². The van der Waals surface area contributed by atoms with Crippen molar-refractivity contribution >= 4 is 40.1 Å². The molecule has 9 heteroatoms. The van der Waals surface area contributed by atoms with Crippen LogP contribution in [0.2, 0.25) is 0 Å². The number of ether oxygens (including phenoxy) is 1. The van der Waals surface area contributed by atoms with Gasteiger partial charge in [0, 0.05) is 35.9 Å². The maximum absolute atomic E-state index is 5.63. The minimum Gasteiger partial charge on any atom is -0.494 e. The van der Waals surface area contributed by atoms with Crippen LogP contribution in [0.5, 0.6) is 5.75 Å². The van der Waals surface area contributed by atoms with E-state index in [1.54, 1.807) is 16.4 Å². The quantitative estimate of drug-likeness (QED) is 0.535. The van der Waals surface area contributed by atoms with Crippen LogP contribution in [0.15, 0.2) is 27.8 Å². The zero-order valence-electron chi connectivity index (χ0n) is 12.5. The number of rotatable bonds is 8. The highest BCUT2D eigenvalue weighted by atomic mass is 79.9. The molecule has 6 nitrogen and oxygen atoms in total. The molecule has 0 bridgehead atoms. The Labute approximate surface area is 148 Å². The second kappa shape index (κ2) is 10.0. The summed E-state index contributed by atoms with van der Waals surface area (Å²) < 4.78 is 8.36. The first kappa shape index (κ1) is 19.2. The maximum Gasteiger partial charge on any atom is 0.209 e. The Bertz CT molecular complexity index is 583. The number of nitrogens with zero attached hydrogens (tertiary/aromatic N) is 4. The van der Waals surface area contributed by atoms with E-state index in [2.05, 4.69) is 42.8 Å². The van der Waals surface area contributed by atoms with Gasteiger partial charge in [0.05, 0.1) is 6.61 Å². The van der Waals surface area contributed by atoms with Crippen LogP contribution < -0.4 is 10.1 Å². The zero-order chi connectivity index (χ0) is 15.1. The molecule has 1 N–H and O–H groups in total. The van der Waals surface area contributed by atoms with Gasteiger partial charge in [-0.15, -0.1) is 17.5 Å². The topological polar surface area (TPSA) is 64.9 Å². The Balaban J connectivity index is 0.00000242. The van der Waals surface area contributed by atoms with Gasteiger partial charge in [0.15, 0.2) is 0 Å². The lowest BCUT2D eigenvalue weighted by Crippen LogP contribution is -2.17. The molecule has 0 aliphatic carbocycles. The fraction of sp³-hybridized carbons (Fsp3) is 0.462. The van der Waals surface area contributed by atoms with Crippen LogP contribution in [0.3, 0.4) is 0 Å². The molecule has 2 rings (SSSR count). The summed E-state index contributed by atoms with van der Waals surface area (Å²) in [6.45, 7) is 4.30. The molecule has 0 unspecified atom stereocenters. The number of tetrazole rings is 1. The first-order valence-corrected chi connectivity index (χ1v) is 8.45. The third-order valence-corrected chi connectivity index (χ3v) is 4.23. The monoisotopic (exact) mass is 407 g/mol. The van der Waals surface area contributed by atoms with Crippen molar-refractivity contribution in [3.63, 3.8) is 0 Å². The van der Waals surface area contributed by atoms with E-state index in [1.807, 2.05) is 26.1 Å². The van der Waals surface area contributed by atoms with Crippen molar-refractivity contribution in [3.05, 3.63) is 28.2 Å². The number of thioether (sulfide) groups is 1. The van der Waals surface area contributed by atoms with Crippen molar-refractivity contribution in [2.75, 3.05) is 18.9 Å². The summed E-state index contributed by atoms with van der Waals surface area (Å²) in [4.78, 5) is 0. The molecule has 0 saturated carbocycles. The average Bonchev–Trinajstić information content (AvgIpc) is 2.87. The van der Waals surface area contributed by atoms with Gasteiger partial charge < -0.3 is 10.1 Å². The molecule has 2 aromatic rings. The van der Waals surface area contributed by atoms with E-state index in [9.17, 15) is 0 Å². The number of aromatic nitrogens is 4. The van der Waals surface area contributed by atoms with Crippen LogP contribution in [0.4, 0.5) is 0 Å². The summed E-state index contributed by atoms with van der Waals surface area (Å²) in [5.41, 5.74) is 1.15. The van der Waals surface area contributed by atoms with Gasteiger partial charge in [-0.05, 0) is 35.5 Å². The molecule has 0 aliphatic rings. The van der Waals surface area contributed by atoms with Crippen molar-refractivity contribution in [1.82, 2.24) is 25.5 Å². The van der Waals surface area contributed by atoms with Gasteiger partial charge in [-0.1, -0.05) is 27.7 Å². The molecule has 0 atom stereocenters. The lowest BCUT2D eigenvalue weighted by molar-refractivity contribution is 0.335. The largest absolute Gasteiger partial charge is 0.494 e. The number of hydrogen-bond donors (Lipinski definition) is 1. The highest BCUT2D eigenvalue weighted by Gasteiger charge is 2.05. The van der Waals surface area contributed by atoms with Crippen LogP contribution in [0, 0.1) is 0 Å². The van der Waals surface area contributed by atoms with Gasteiger partial charge in [0.2, 0.25) is 5.16 Å². The van der Waals surface area contributed by atoms with Gasteiger partial charge in [-0.3, -0.25) is 0 Å². The van der Waals surface area contributed by atoms with Gasteiger partial charge >= 0.3 is 0 Å². The number of hydrogen-bond acceptors (Lipinski definition) is 6. The molecular formula is C13H19BrClN5OS. The Hall–Kier alpha value is -0.830. The molecule has 0 amide bonds. The van der Waals surface area contributed by atoms with E-state index < -0.39 is 0 Å². The second-order valence-electron chi connectivity index (χ2n) is 4.30. The highest BCUT2D eigenvalue weighted by molar-refractivity contribution is 9.10. The summed E-state index contributed by atoms with van der Waals surface area (Å²) in [5, 5.41) is 15.6. The average molecular weight is 409 g/mol. The Morgan fingerprint density at radius 1 is 1.41 bits per heavy atom. The fourth-order valence-electron chi connectivity index (χ4n) is 1.76. The van der Waals surface area contributed by atoms with Gasteiger partial charge in [-0.25, -0.2) is 4.68 Å². The molecule has 0 saturated heterocycles. The first-order chi connectivity index (χ1) is 10.2. The summed E-state index contributed by atoms with van der Waals surface area (Å²) in [6.07, 6.45) is 0. The maximum atomic E-state index is 5.63. The lowest BCUT2D eigenvalue weighted by atomic mass is 10.2. The van der Waals surface area contributed by atoms with Crippen LogP contribution in [0.1, 0.15) is 12.5 Å². The first-order valence-electron chi connectivity index (χ1n) is 6.67. The van der Waals surface area contributed by atoms with Crippen molar-refractivity contribution in [2.45, 2.75) is 18.6 Å². The smallest absolute Gasteiger partial charge is 0.209 e. The van der Waals surface area contributed by atoms with Gasteiger partial charge in [0.1, 0.15) is 5.75 Å². The Morgan fingerprint density at radius 3 is 2.91 bits per heavy atom. The van der Waals surface area contributed by atoms with Crippen molar-refractivity contribution < 1.29 is 4.74 Å². The Kier molecular flexibility index (Phi) is 8.77. The van der Waals surface area contributed by atoms with Crippen LogP contribution >= 0.6 is 40.1 Å². The predicted molar refractivity (Wildman–Crippen MR) is 93.8 cm³/mol. The summed E-state index contributed by atoms with van der Waals surface area (Å²) in [5.74, 6) is 1.84. The number of benzene rings is 1. The van der Waals surface area contributed by atoms with E-state index in [-0.39, 0.29) is 12.4 Å². The molecule has 0 fully saturated rings. The summed E-state index contributed by atoms with van der Waals surface area (Å²) in [7, 11) is 1.84. The summed E-state index contributed by atoms with van der Waals surface area (Å²) >= 11 is 5.12. The van der Waals surface area contributed by atoms with E-state index in [4.69, 9.17) is 4.74 Å². The normalized spacial score (nSPS) is 10.3. The van der Waals surface area contributed by atoms with E-state index >= 15 is 0 Å². The molecule has 0 radical (unpaired) electrons. The minimum atomic E-state index is 0. The molecular weight excluding hydrogens is 390 g/mol. The van der Waals surface area contributed by atoms with E-state index in [1.165, 1.54) is 0 Å². The van der Waals surface area contributed by atoms with E-state index in [0.29, 0.717) is 6.61 Å². The number of nitrogens with one attached hydrogen (secondary N) is 1. The molecule has 0 aliphatic heterocycles. The summed E-state index contributed by atoms with van der Waals surface area (Å²) in [6, 6.07) is 6.06. The molecule has 1 heterocycles. The highest BCUT2D eigenvalue weighted by Crippen LogP contribution is 2.23. The van der Waals surface area contributed by atoms with Crippen molar-refractivity contribution in [2.24, 2.45) is 7.05 Å². The molecule has 22 heavy (non-hydrogen) atoms. The van der Waals surface area contributed by atoms with E-state index in [0.717, 1.165) is 39.8 Å². The SMILES string of the molecule is CCOc1ccc(Br)cc1CNCCSc1nnnn1C.Cl. The third-order valence-electron chi connectivity index (χ3n) is 2.73. The number of halogens is 2. The molecule has 0 spiro atoms. The van der Waals surface area contributed by atoms with Crippen molar-refractivity contribution in [1.29, 1.82) is 0 Å². The van der Waals surface area contributed by atoms with Crippen LogP contribution in [-0.2, 0) is 13.6 Å². The van der Waals surface area contributed by atoms with Crippen molar-refractivity contribution in [3.8, 4) is 5.75 Å². The predicted octanol–water partition coefficient (Wildman–Crippen LogP) is 2.68. The zero-order valence-corrected chi connectivity index (χ0v) is 15.7. The lowest BCUT2D eigenvalue weighted by Gasteiger charge is -2.11. The fourth-order valence-corrected chi connectivity index (χ4v) is 2.92. The Morgan fingerprint density at radius 2 is 2.23 bits per heavy atom. The molecule has 1 aromatic carbocycles. The van der Waals surface area contributed by atoms with Gasteiger partial charge in [-0.2, -0.15) is 0 Å². The number of aryl methyl sites for hydroxylation is 1. The van der Waals surface area contributed by atoms with Crippen LogP contribution in [-0.4, -0.2) is 39.1 Å². The standard InChI is InChI=1S/C13H18BrN5OS.ClH/c1-3-20-12-5-4-11(14)8-10(12)9-15-6-7-21-13-16-17-18-19(13)2;/h4-5,8,15H,3,6-7,9H2,1-2H3;1H. The van der Waals surface area contributed by atoms with Crippen LogP contribution in [0.25, 0.3) is 0 Å². The third kappa shape index (κ3) is 5.75. The molecule has 122 valence electrons. The molecule has 1 aromatic heterocycles.